The van der Waals surface area contributed by atoms with Crippen LogP contribution in [0.4, 0.5) is 0 Å². The number of hydrogen-bond donors (Lipinski definition) is 1. The van der Waals surface area contributed by atoms with Gasteiger partial charge in [-0.15, -0.1) is 0 Å². The Morgan fingerprint density at radius 3 is 2.67 bits per heavy atom. The van der Waals surface area contributed by atoms with Crippen LogP contribution in [0.15, 0.2) is 12.1 Å². The molecule has 1 rings (SSSR count). The van der Waals surface area contributed by atoms with Crippen LogP contribution in [-0.4, -0.2) is 16.7 Å². The van der Waals surface area contributed by atoms with E-state index in [-0.39, 0.29) is 6.61 Å². The minimum absolute atomic E-state index is 0.0328. The fourth-order valence-electron chi connectivity index (χ4n) is 1.21. The molecule has 3 nitrogen and oxygen atoms in total. The molecule has 1 aromatic rings. The van der Waals surface area contributed by atoms with E-state index in [2.05, 4.69) is 18.8 Å². The molecule has 0 aliphatic heterocycles. The highest BCUT2D eigenvalue weighted by Crippen LogP contribution is 2.13. The Kier molecular flexibility index (Phi) is 4.56. The van der Waals surface area contributed by atoms with Gasteiger partial charge in [-0.1, -0.05) is 13.8 Å². The summed E-state index contributed by atoms with van der Waals surface area (Å²) in [5.41, 5.74) is 1.69. The molecule has 0 unspecified atom stereocenters. The van der Waals surface area contributed by atoms with E-state index in [0.29, 0.717) is 18.4 Å². The van der Waals surface area contributed by atoms with Crippen molar-refractivity contribution in [3.05, 3.63) is 23.4 Å². The monoisotopic (exact) mass is 209 g/mol. The van der Waals surface area contributed by atoms with Crippen LogP contribution in [0, 0.1) is 12.8 Å². The van der Waals surface area contributed by atoms with Gasteiger partial charge in [-0.2, -0.15) is 0 Å². The van der Waals surface area contributed by atoms with Crippen LogP contribution in [0.5, 0.6) is 5.88 Å². The number of ether oxygens (including phenoxy) is 1. The van der Waals surface area contributed by atoms with Crippen molar-refractivity contribution in [1.82, 2.24) is 4.98 Å². The maximum Gasteiger partial charge on any atom is 0.213 e. The fourth-order valence-corrected chi connectivity index (χ4v) is 1.21. The topological polar surface area (TPSA) is 42.4 Å². The third-order valence-corrected chi connectivity index (χ3v) is 2.29. The number of hydrogen-bond acceptors (Lipinski definition) is 3. The van der Waals surface area contributed by atoms with Gasteiger partial charge in [-0.05, 0) is 30.9 Å². The summed E-state index contributed by atoms with van der Waals surface area (Å²) in [6.45, 7) is 6.93. The first-order valence-electron chi connectivity index (χ1n) is 5.33. The summed E-state index contributed by atoms with van der Waals surface area (Å²) in [6, 6.07) is 3.66. The van der Waals surface area contributed by atoms with Crippen LogP contribution in [0.1, 0.15) is 31.5 Å². The maximum absolute atomic E-state index is 8.98. The molecule has 15 heavy (non-hydrogen) atoms. The Hall–Kier alpha value is -1.09. The van der Waals surface area contributed by atoms with Crippen LogP contribution in [-0.2, 0) is 6.61 Å². The third-order valence-electron chi connectivity index (χ3n) is 2.29. The Bertz CT molecular complexity index is 310. The largest absolute Gasteiger partial charge is 0.478 e. The van der Waals surface area contributed by atoms with E-state index < -0.39 is 0 Å². The number of nitrogens with zero attached hydrogens (tertiary/aromatic N) is 1. The van der Waals surface area contributed by atoms with E-state index in [0.717, 1.165) is 17.7 Å². The number of pyridine rings is 1. The van der Waals surface area contributed by atoms with Crippen molar-refractivity contribution in [3.8, 4) is 5.88 Å². The standard InChI is InChI=1S/C12H19NO2/c1-9(2)6-7-15-12-5-4-11(8-14)10(3)13-12/h4-5,9,14H,6-8H2,1-3H3. The molecule has 0 aliphatic carbocycles. The highest BCUT2D eigenvalue weighted by molar-refractivity contribution is 5.24. The number of aryl methyl sites for hydroxylation is 1. The van der Waals surface area contributed by atoms with Crippen molar-refractivity contribution in [2.75, 3.05) is 6.61 Å². The molecule has 0 amide bonds. The van der Waals surface area contributed by atoms with Crippen molar-refractivity contribution in [3.63, 3.8) is 0 Å². The molecule has 0 fully saturated rings. The highest BCUT2D eigenvalue weighted by atomic mass is 16.5. The SMILES string of the molecule is Cc1nc(OCCC(C)C)ccc1CO. The summed E-state index contributed by atoms with van der Waals surface area (Å²) in [6.07, 6.45) is 1.03. The summed E-state index contributed by atoms with van der Waals surface area (Å²) >= 11 is 0. The van der Waals surface area contributed by atoms with Crippen molar-refractivity contribution < 1.29 is 9.84 Å². The van der Waals surface area contributed by atoms with Gasteiger partial charge >= 0.3 is 0 Å². The molecule has 0 aromatic carbocycles. The van der Waals surface area contributed by atoms with E-state index in [4.69, 9.17) is 9.84 Å². The van der Waals surface area contributed by atoms with Crippen molar-refractivity contribution in [2.45, 2.75) is 33.8 Å². The van der Waals surface area contributed by atoms with Gasteiger partial charge in [-0.3, -0.25) is 0 Å². The molecular formula is C12H19NO2. The Morgan fingerprint density at radius 2 is 2.13 bits per heavy atom. The van der Waals surface area contributed by atoms with Gasteiger partial charge in [0.25, 0.3) is 0 Å². The summed E-state index contributed by atoms with van der Waals surface area (Å²) in [5.74, 6) is 1.29. The van der Waals surface area contributed by atoms with Gasteiger partial charge in [-0.25, -0.2) is 4.98 Å². The summed E-state index contributed by atoms with van der Waals surface area (Å²) in [7, 11) is 0. The Balaban J connectivity index is 2.52. The van der Waals surface area contributed by atoms with Gasteiger partial charge in [0.2, 0.25) is 5.88 Å². The zero-order valence-corrected chi connectivity index (χ0v) is 9.66. The predicted octanol–water partition coefficient (Wildman–Crippen LogP) is 2.31. The Morgan fingerprint density at radius 1 is 1.40 bits per heavy atom. The number of aliphatic hydroxyl groups excluding tert-OH is 1. The number of aliphatic hydroxyl groups is 1. The van der Waals surface area contributed by atoms with E-state index in [1.54, 1.807) is 6.07 Å². The zero-order valence-electron chi connectivity index (χ0n) is 9.66. The predicted molar refractivity (Wildman–Crippen MR) is 59.8 cm³/mol. The van der Waals surface area contributed by atoms with Crippen molar-refractivity contribution in [2.24, 2.45) is 5.92 Å². The summed E-state index contributed by atoms with van der Waals surface area (Å²) in [5, 5.41) is 8.98. The van der Waals surface area contributed by atoms with Gasteiger partial charge in [0, 0.05) is 11.8 Å². The lowest BCUT2D eigenvalue weighted by molar-refractivity contribution is 0.272. The first kappa shape index (κ1) is 12.0. The van der Waals surface area contributed by atoms with Crippen molar-refractivity contribution in [1.29, 1.82) is 0 Å². The van der Waals surface area contributed by atoms with Crippen LogP contribution in [0.2, 0.25) is 0 Å². The van der Waals surface area contributed by atoms with Crippen LogP contribution in [0.25, 0.3) is 0 Å². The molecule has 0 aliphatic rings. The highest BCUT2D eigenvalue weighted by Gasteiger charge is 2.02. The van der Waals surface area contributed by atoms with Gasteiger partial charge in [0.05, 0.1) is 13.2 Å². The lowest BCUT2D eigenvalue weighted by Crippen LogP contribution is -2.04. The summed E-state index contributed by atoms with van der Waals surface area (Å²) in [4.78, 5) is 4.26. The number of rotatable bonds is 5. The third kappa shape index (κ3) is 3.88. The Labute approximate surface area is 91.1 Å². The smallest absolute Gasteiger partial charge is 0.213 e. The molecular weight excluding hydrogens is 190 g/mol. The number of aromatic nitrogens is 1. The second kappa shape index (κ2) is 5.71. The minimum Gasteiger partial charge on any atom is -0.478 e. The molecule has 84 valence electrons. The van der Waals surface area contributed by atoms with Crippen molar-refractivity contribution >= 4 is 0 Å². The van der Waals surface area contributed by atoms with E-state index >= 15 is 0 Å². The molecule has 0 saturated carbocycles. The molecule has 0 radical (unpaired) electrons. The zero-order chi connectivity index (χ0) is 11.3. The van der Waals surface area contributed by atoms with Gasteiger partial charge in [0.1, 0.15) is 0 Å². The van der Waals surface area contributed by atoms with Crippen LogP contribution in [0.3, 0.4) is 0 Å². The molecule has 1 heterocycles. The van der Waals surface area contributed by atoms with Crippen LogP contribution >= 0.6 is 0 Å². The first-order valence-corrected chi connectivity index (χ1v) is 5.33. The molecule has 0 spiro atoms. The molecule has 3 heteroatoms. The molecule has 1 N–H and O–H groups in total. The minimum atomic E-state index is 0.0328. The van der Waals surface area contributed by atoms with E-state index in [9.17, 15) is 0 Å². The second-order valence-electron chi connectivity index (χ2n) is 4.08. The first-order chi connectivity index (χ1) is 7.13. The second-order valence-corrected chi connectivity index (χ2v) is 4.08. The van der Waals surface area contributed by atoms with Gasteiger partial charge in [0.15, 0.2) is 0 Å². The maximum atomic E-state index is 8.98. The quantitative estimate of drug-likeness (QED) is 0.809. The normalized spacial score (nSPS) is 10.7. The van der Waals surface area contributed by atoms with E-state index in [1.165, 1.54) is 0 Å². The average Bonchev–Trinajstić information content (AvgIpc) is 2.17. The molecule has 0 bridgehead atoms. The van der Waals surface area contributed by atoms with Crippen LogP contribution < -0.4 is 4.74 Å². The molecule has 1 aromatic heterocycles. The lowest BCUT2D eigenvalue weighted by Gasteiger charge is -2.09. The molecule has 0 atom stereocenters. The summed E-state index contributed by atoms with van der Waals surface area (Å²) < 4.78 is 5.50. The average molecular weight is 209 g/mol. The lowest BCUT2D eigenvalue weighted by atomic mass is 10.1. The van der Waals surface area contributed by atoms with E-state index in [1.807, 2.05) is 13.0 Å². The van der Waals surface area contributed by atoms with Gasteiger partial charge < -0.3 is 9.84 Å². The fraction of sp³-hybridized carbons (Fsp3) is 0.583. The molecule has 0 saturated heterocycles.